The van der Waals surface area contributed by atoms with Gasteiger partial charge in [0, 0.05) is 22.2 Å². The minimum absolute atomic E-state index is 0.0731. The quantitative estimate of drug-likeness (QED) is 0.745. The second-order valence-corrected chi connectivity index (χ2v) is 5.86. The first kappa shape index (κ1) is 16.5. The van der Waals surface area contributed by atoms with E-state index in [1.165, 1.54) is 0 Å². The average molecular weight is 362 g/mol. The Hall–Kier alpha value is -2.37. The molecular formula is C17H13Cl2N3O2. The number of hydrogen-bond donors (Lipinski definition) is 1. The molecule has 3 rings (SSSR count). The Labute approximate surface area is 148 Å². The number of amides is 1. The number of benzene rings is 2. The molecule has 7 heteroatoms. The molecule has 0 aliphatic heterocycles. The van der Waals surface area contributed by atoms with Gasteiger partial charge in [0.25, 0.3) is 0 Å². The molecule has 122 valence electrons. The van der Waals surface area contributed by atoms with Crippen LogP contribution in [0.4, 0.5) is 0 Å². The third-order valence-corrected chi connectivity index (χ3v) is 3.92. The van der Waals surface area contributed by atoms with Crippen LogP contribution < -0.4 is 5.32 Å². The molecule has 0 saturated heterocycles. The zero-order valence-corrected chi connectivity index (χ0v) is 14.0. The largest absolute Gasteiger partial charge is 0.412 e. The molecule has 2 aromatic carbocycles. The van der Waals surface area contributed by atoms with E-state index >= 15 is 0 Å². The molecule has 1 amide bonds. The maximum Gasteiger partial charge on any atom is 0.308 e. The number of rotatable bonds is 5. The molecule has 0 unspecified atom stereocenters. The van der Waals surface area contributed by atoms with Crippen molar-refractivity contribution in [2.24, 2.45) is 0 Å². The molecule has 5 nitrogen and oxygen atoms in total. The molecule has 24 heavy (non-hydrogen) atoms. The summed E-state index contributed by atoms with van der Waals surface area (Å²) >= 11 is 11.9. The van der Waals surface area contributed by atoms with Gasteiger partial charge in [0.05, 0.1) is 0 Å². The number of aromatic nitrogens is 2. The summed E-state index contributed by atoms with van der Waals surface area (Å²) in [5, 5.41) is 11.5. The Kier molecular flexibility index (Phi) is 5.13. The fourth-order valence-corrected chi connectivity index (χ4v) is 2.63. The van der Waals surface area contributed by atoms with Crippen molar-refractivity contribution in [1.82, 2.24) is 15.5 Å². The zero-order chi connectivity index (χ0) is 16.9. The van der Waals surface area contributed by atoms with Crippen LogP contribution in [0.1, 0.15) is 16.2 Å². The molecule has 0 aliphatic carbocycles. The van der Waals surface area contributed by atoms with Crippen LogP contribution in [0.3, 0.4) is 0 Å². The molecule has 0 radical (unpaired) electrons. The maximum absolute atomic E-state index is 12.1. The van der Waals surface area contributed by atoms with Crippen molar-refractivity contribution < 1.29 is 9.21 Å². The number of carbonyl (C=O) groups is 1. The summed E-state index contributed by atoms with van der Waals surface area (Å²) in [4.78, 5) is 12.1. The number of carbonyl (C=O) groups excluding carboxylic acids is 1. The lowest BCUT2D eigenvalue weighted by Gasteiger charge is -2.05. The predicted octanol–water partition coefficient (Wildman–Crippen LogP) is 4.02. The summed E-state index contributed by atoms with van der Waals surface area (Å²) < 4.78 is 5.40. The molecule has 3 aromatic rings. The monoisotopic (exact) mass is 361 g/mol. The number of nitrogens with zero attached hydrogens (tertiary/aromatic N) is 2. The minimum atomic E-state index is -0.422. The second kappa shape index (κ2) is 7.47. The van der Waals surface area contributed by atoms with Gasteiger partial charge < -0.3 is 9.73 Å². The molecular weight excluding hydrogens is 349 g/mol. The van der Waals surface area contributed by atoms with E-state index in [0.29, 0.717) is 28.9 Å². The van der Waals surface area contributed by atoms with Crippen LogP contribution >= 0.6 is 23.2 Å². The highest BCUT2D eigenvalue weighted by Crippen LogP contribution is 2.21. The molecule has 1 heterocycles. The predicted molar refractivity (Wildman–Crippen MR) is 92.2 cm³/mol. The highest BCUT2D eigenvalue weighted by molar-refractivity contribution is 6.35. The molecule has 1 aromatic heterocycles. The summed E-state index contributed by atoms with van der Waals surface area (Å²) in [6.45, 7) is 0.392. The number of halogens is 2. The highest BCUT2D eigenvalue weighted by atomic mass is 35.5. The van der Waals surface area contributed by atoms with Crippen LogP contribution in [-0.4, -0.2) is 22.6 Å². The maximum atomic E-state index is 12.1. The standard InChI is InChI=1S/C17H13Cl2N3O2/c18-13-7-6-11(14(19)10-13)8-9-20-15(23)17-22-21-16(24-17)12-4-2-1-3-5-12/h1-7,10H,8-9H2,(H,20,23). The van der Waals surface area contributed by atoms with Crippen molar-refractivity contribution in [3.63, 3.8) is 0 Å². The lowest BCUT2D eigenvalue weighted by atomic mass is 10.1. The topological polar surface area (TPSA) is 68.0 Å². The van der Waals surface area contributed by atoms with E-state index in [0.717, 1.165) is 11.1 Å². The number of nitrogens with one attached hydrogen (secondary N) is 1. The van der Waals surface area contributed by atoms with Gasteiger partial charge in [-0.25, -0.2) is 0 Å². The molecule has 0 atom stereocenters. The van der Waals surface area contributed by atoms with Crippen LogP contribution in [-0.2, 0) is 6.42 Å². The highest BCUT2D eigenvalue weighted by Gasteiger charge is 2.15. The van der Waals surface area contributed by atoms with E-state index in [4.69, 9.17) is 27.6 Å². The van der Waals surface area contributed by atoms with Gasteiger partial charge in [-0.3, -0.25) is 4.79 Å². The molecule has 0 aliphatic rings. The molecule has 1 N–H and O–H groups in total. The lowest BCUT2D eigenvalue weighted by molar-refractivity contribution is 0.0920. The molecule has 0 spiro atoms. The summed E-state index contributed by atoms with van der Waals surface area (Å²) in [5.74, 6) is -0.188. The van der Waals surface area contributed by atoms with Crippen molar-refractivity contribution >= 4 is 29.1 Å². The van der Waals surface area contributed by atoms with Crippen LogP contribution in [0.2, 0.25) is 10.0 Å². The molecule has 0 saturated carbocycles. The molecule has 0 fully saturated rings. The molecule has 0 bridgehead atoms. The van der Waals surface area contributed by atoms with Gasteiger partial charge in [-0.15, -0.1) is 10.2 Å². The van der Waals surface area contributed by atoms with E-state index in [9.17, 15) is 4.79 Å². The second-order valence-electron chi connectivity index (χ2n) is 5.02. The fourth-order valence-electron chi connectivity index (χ4n) is 2.12. The smallest absolute Gasteiger partial charge is 0.308 e. The van der Waals surface area contributed by atoms with Crippen LogP contribution in [0, 0.1) is 0 Å². The number of hydrogen-bond acceptors (Lipinski definition) is 4. The van der Waals surface area contributed by atoms with E-state index in [-0.39, 0.29) is 5.89 Å². The van der Waals surface area contributed by atoms with Gasteiger partial charge >= 0.3 is 11.8 Å². The third-order valence-electron chi connectivity index (χ3n) is 3.33. The fraction of sp³-hybridized carbons (Fsp3) is 0.118. The van der Waals surface area contributed by atoms with Crippen molar-refractivity contribution in [3.05, 3.63) is 70.0 Å². The van der Waals surface area contributed by atoms with E-state index in [1.54, 1.807) is 12.1 Å². The SMILES string of the molecule is O=C(NCCc1ccc(Cl)cc1Cl)c1nnc(-c2ccccc2)o1. The Morgan fingerprint density at radius 2 is 1.88 bits per heavy atom. The summed E-state index contributed by atoms with van der Waals surface area (Å²) in [5.41, 5.74) is 1.66. The van der Waals surface area contributed by atoms with Crippen LogP contribution in [0.15, 0.2) is 52.9 Å². The van der Waals surface area contributed by atoms with E-state index in [2.05, 4.69) is 15.5 Å². The first-order valence-corrected chi connectivity index (χ1v) is 8.00. The van der Waals surface area contributed by atoms with Crippen LogP contribution in [0.25, 0.3) is 11.5 Å². The van der Waals surface area contributed by atoms with Gasteiger partial charge in [0.15, 0.2) is 0 Å². The lowest BCUT2D eigenvalue weighted by Crippen LogP contribution is -2.26. The van der Waals surface area contributed by atoms with Crippen molar-refractivity contribution in [2.45, 2.75) is 6.42 Å². The zero-order valence-electron chi connectivity index (χ0n) is 12.5. The third kappa shape index (κ3) is 3.93. The van der Waals surface area contributed by atoms with E-state index in [1.807, 2.05) is 36.4 Å². The Morgan fingerprint density at radius 1 is 1.08 bits per heavy atom. The van der Waals surface area contributed by atoms with Gasteiger partial charge in [0.2, 0.25) is 5.89 Å². The van der Waals surface area contributed by atoms with Gasteiger partial charge in [0.1, 0.15) is 0 Å². The summed E-state index contributed by atoms with van der Waals surface area (Å²) in [6, 6.07) is 14.5. The summed E-state index contributed by atoms with van der Waals surface area (Å²) in [6.07, 6.45) is 0.571. The Bertz CT molecular complexity index is 850. The Balaban J connectivity index is 1.59. The van der Waals surface area contributed by atoms with Crippen molar-refractivity contribution in [3.8, 4) is 11.5 Å². The first-order valence-electron chi connectivity index (χ1n) is 7.24. The van der Waals surface area contributed by atoms with Gasteiger partial charge in [-0.1, -0.05) is 47.5 Å². The summed E-state index contributed by atoms with van der Waals surface area (Å²) in [7, 11) is 0. The van der Waals surface area contributed by atoms with Gasteiger partial charge in [-0.2, -0.15) is 0 Å². The normalized spacial score (nSPS) is 10.6. The van der Waals surface area contributed by atoms with E-state index < -0.39 is 5.91 Å². The first-order chi connectivity index (χ1) is 11.6. The average Bonchev–Trinajstić information content (AvgIpc) is 3.08. The van der Waals surface area contributed by atoms with Crippen molar-refractivity contribution in [1.29, 1.82) is 0 Å². The minimum Gasteiger partial charge on any atom is -0.412 e. The Morgan fingerprint density at radius 3 is 2.62 bits per heavy atom. The van der Waals surface area contributed by atoms with Gasteiger partial charge in [-0.05, 0) is 36.2 Å². The van der Waals surface area contributed by atoms with Crippen molar-refractivity contribution in [2.75, 3.05) is 6.54 Å². The van der Waals surface area contributed by atoms with Crippen LogP contribution in [0.5, 0.6) is 0 Å².